The summed E-state index contributed by atoms with van der Waals surface area (Å²) in [7, 11) is 0. The summed E-state index contributed by atoms with van der Waals surface area (Å²) in [4.78, 5) is 0. The summed E-state index contributed by atoms with van der Waals surface area (Å²) in [5, 5.41) is 7.17. The fourth-order valence-corrected chi connectivity index (χ4v) is 19.1. The maximum atomic E-state index is 3.86. The van der Waals surface area contributed by atoms with Gasteiger partial charge in [0.05, 0.1) is 0 Å². The molecule has 0 spiro atoms. The third-order valence-corrected chi connectivity index (χ3v) is 23.6. The Morgan fingerprint density at radius 2 is 1.24 bits per heavy atom. The van der Waals surface area contributed by atoms with Crippen LogP contribution in [0.5, 0.6) is 0 Å². The highest BCUT2D eigenvalue weighted by Gasteiger charge is 2.34. The van der Waals surface area contributed by atoms with Gasteiger partial charge in [-0.3, -0.25) is 0 Å². The van der Waals surface area contributed by atoms with Crippen LogP contribution in [-0.4, -0.2) is 94.8 Å². The van der Waals surface area contributed by atoms with Crippen molar-refractivity contribution in [2.24, 2.45) is 29.6 Å². The molecule has 0 radical (unpaired) electrons. The van der Waals surface area contributed by atoms with Crippen LogP contribution in [-0.2, 0) is 0 Å². The van der Waals surface area contributed by atoms with Gasteiger partial charge in [-0.15, -0.1) is 11.8 Å². The van der Waals surface area contributed by atoms with Crippen molar-refractivity contribution < 1.29 is 0 Å². The van der Waals surface area contributed by atoms with E-state index in [0.717, 1.165) is 61.1 Å². The monoisotopic (exact) mass is 796 g/mol. The second-order valence-corrected chi connectivity index (χ2v) is 26.0. The van der Waals surface area contributed by atoms with Crippen LogP contribution in [0.15, 0.2) is 12.0 Å². The predicted molar refractivity (Wildman–Crippen MR) is 234 cm³/mol. The Morgan fingerprint density at radius 3 is 1.87 bits per heavy atom. The van der Waals surface area contributed by atoms with Gasteiger partial charge in [-0.2, -0.15) is 94.1 Å². The van der Waals surface area contributed by atoms with Crippen LogP contribution < -0.4 is 0 Å². The molecule has 0 aromatic heterocycles. The van der Waals surface area contributed by atoms with Gasteiger partial charge >= 0.3 is 0 Å². The van der Waals surface area contributed by atoms with Gasteiger partial charge in [0.25, 0.3) is 0 Å². The highest BCUT2D eigenvalue weighted by Crippen LogP contribution is 2.44. The molecule has 5 saturated carbocycles. The van der Waals surface area contributed by atoms with E-state index >= 15 is 0 Å². The van der Waals surface area contributed by atoms with E-state index in [1.807, 2.05) is 17.2 Å². The molecule has 1 heterocycles. The second-order valence-electron chi connectivity index (χ2n) is 14.8. The van der Waals surface area contributed by atoms with Crippen molar-refractivity contribution in [3.8, 4) is 0 Å². The Bertz CT molecular complexity index is 824. The Labute approximate surface area is 323 Å². The van der Waals surface area contributed by atoms with Gasteiger partial charge in [0.1, 0.15) is 0 Å². The van der Waals surface area contributed by atoms with E-state index in [-0.39, 0.29) is 0 Å². The standard InChI is InChI=1S/C21H36S5.C16H28S4/c1-15(23-11-17-4-5-17)20-13-25-19(8-9-22-10-16-2-3-16)21(14-26-20)24-12-18-6-7-18;1-3-17-12-16(13(2)20-11-15-6-7-15)19-9-8-18-10-14-4-5-14/h15-21H,2-14H2,1H3;3,13-16H,1,4-12H2,2H3. The average Bonchev–Trinajstić information content (AvgIpc) is 3.85. The molecule has 0 bridgehead atoms. The second kappa shape index (κ2) is 22.8. The van der Waals surface area contributed by atoms with Crippen molar-refractivity contribution in [1.82, 2.24) is 0 Å². The van der Waals surface area contributed by atoms with Gasteiger partial charge in [0.2, 0.25) is 0 Å². The van der Waals surface area contributed by atoms with Crippen LogP contribution in [0.2, 0.25) is 0 Å². The average molecular weight is 798 g/mol. The molecule has 9 heteroatoms. The zero-order valence-electron chi connectivity index (χ0n) is 28.9. The van der Waals surface area contributed by atoms with Crippen LogP contribution in [0.25, 0.3) is 0 Å². The van der Waals surface area contributed by atoms with Gasteiger partial charge in [-0.1, -0.05) is 20.4 Å². The minimum Gasteiger partial charge on any atom is -0.162 e. The van der Waals surface area contributed by atoms with Crippen LogP contribution in [0, 0.1) is 29.6 Å². The van der Waals surface area contributed by atoms with E-state index in [2.05, 4.69) is 115 Å². The number of thioether (sulfide) groups is 9. The normalized spacial score (nSPS) is 28.5. The van der Waals surface area contributed by atoms with Crippen LogP contribution in [0.4, 0.5) is 0 Å². The summed E-state index contributed by atoms with van der Waals surface area (Å²) in [5.74, 6) is 20.7. The van der Waals surface area contributed by atoms with Crippen molar-refractivity contribution >= 4 is 106 Å². The predicted octanol–water partition coefficient (Wildman–Crippen LogP) is 12.4. The maximum absolute atomic E-state index is 3.86. The van der Waals surface area contributed by atoms with E-state index in [9.17, 15) is 0 Å². The highest BCUT2D eigenvalue weighted by molar-refractivity contribution is 8.09. The molecule has 6 aliphatic rings. The highest BCUT2D eigenvalue weighted by atomic mass is 32.2. The molecule has 0 aromatic carbocycles. The summed E-state index contributed by atoms with van der Waals surface area (Å²) in [6, 6.07) is 0. The molecule has 0 aromatic rings. The van der Waals surface area contributed by atoms with Crippen LogP contribution in [0.1, 0.15) is 84.5 Å². The van der Waals surface area contributed by atoms with Crippen molar-refractivity contribution in [3.63, 3.8) is 0 Å². The lowest BCUT2D eigenvalue weighted by Crippen LogP contribution is -2.23. The number of hydrogen-bond acceptors (Lipinski definition) is 9. The number of rotatable bonds is 25. The lowest BCUT2D eigenvalue weighted by atomic mass is 10.2. The minimum atomic E-state index is 0.793. The summed E-state index contributed by atoms with van der Waals surface area (Å²) < 4.78 is 0. The molecule has 0 amide bonds. The van der Waals surface area contributed by atoms with Crippen LogP contribution in [0.3, 0.4) is 0 Å². The molecule has 6 atom stereocenters. The molecular formula is C37H64S9. The third kappa shape index (κ3) is 18.1. The first-order valence-corrected chi connectivity index (χ1v) is 28.3. The van der Waals surface area contributed by atoms with E-state index in [1.165, 1.54) is 134 Å². The lowest BCUT2D eigenvalue weighted by Gasteiger charge is -2.23. The molecule has 6 rings (SSSR count). The fourth-order valence-electron chi connectivity index (χ4n) is 5.31. The van der Waals surface area contributed by atoms with E-state index in [1.54, 1.807) is 0 Å². The van der Waals surface area contributed by atoms with Crippen molar-refractivity contribution in [3.05, 3.63) is 12.0 Å². The lowest BCUT2D eigenvalue weighted by molar-refractivity contribution is 0.820. The first-order valence-electron chi connectivity index (χ1n) is 18.6. The van der Waals surface area contributed by atoms with Crippen LogP contribution >= 0.6 is 106 Å². The Morgan fingerprint density at radius 1 is 0.652 bits per heavy atom. The zero-order chi connectivity index (χ0) is 32.0. The smallest absolute Gasteiger partial charge is 0.0257 e. The van der Waals surface area contributed by atoms with Gasteiger partial charge in [-0.05, 0) is 140 Å². The molecule has 0 nitrogen and oxygen atoms in total. The maximum Gasteiger partial charge on any atom is 0.0257 e. The summed E-state index contributed by atoms with van der Waals surface area (Å²) >= 11 is 20.1. The molecule has 1 saturated heterocycles. The first-order chi connectivity index (χ1) is 22.6. The molecule has 1 aliphatic heterocycles. The van der Waals surface area contributed by atoms with E-state index in [4.69, 9.17) is 0 Å². The van der Waals surface area contributed by atoms with Crippen molar-refractivity contribution in [1.29, 1.82) is 0 Å². The molecule has 6 fully saturated rings. The summed E-state index contributed by atoms with van der Waals surface area (Å²) in [6.45, 7) is 8.81. The molecule has 266 valence electrons. The SMILES string of the molecule is C=CSCC(SCCSCC1CC1)C(C)SCC1CC1.CC(SCC1CC1)C1CSC(CCSCC2CC2)C(SCC2CC2)CS1. The Hall–Kier alpha value is 2.89. The van der Waals surface area contributed by atoms with E-state index in [0.29, 0.717) is 0 Å². The Balaban J connectivity index is 0.000000188. The topological polar surface area (TPSA) is 0 Å². The quantitative estimate of drug-likeness (QED) is 0.0821. The van der Waals surface area contributed by atoms with E-state index < -0.39 is 0 Å². The Kier molecular flexibility index (Phi) is 19.9. The molecular weight excluding hydrogens is 733 g/mol. The van der Waals surface area contributed by atoms with Gasteiger partial charge in [-0.25, -0.2) is 0 Å². The summed E-state index contributed by atoms with van der Waals surface area (Å²) in [6.07, 6.45) is 16.5. The largest absolute Gasteiger partial charge is 0.162 e. The minimum absolute atomic E-state index is 0.793. The molecule has 0 N–H and O–H groups in total. The van der Waals surface area contributed by atoms with Crippen molar-refractivity contribution in [2.75, 3.05) is 63.3 Å². The van der Waals surface area contributed by atoms with Gasteiger partial charge < -0.3 is 0 Å². The number of hydrogen-bond donors (Lipinski definition) is 0. The molecule has 5 aliphatic carbocycles. The zero-order valence-corrected chi connectivity index (χ0v) is 36.2. The fraction of sp³-hybridized carbons (Fsp3) is 0.946. The summed E-state index contributed by atoms with van der Waals surface area (Å²) in [5.41, 5.74) is 0. The van der Waals surface area contributed by atoms with Gasteiger partial charge in [0, 0.05) is 60.3 Å². The molecule has 46 heavy (non-hydrogen) atoms. The molecule has 6 unspecified atom stereocenters. The third-order valence-electron chi connectivity index (χ3n) is 9.82. The first kappa shape index (κ1) is 40.1. The van der Waals surface area contributed by atoms with Crippen molar-refractivity contribution in [2.45, 2.75) is 116 Å². The van der Waals surface area contributed by atoms with Gasteiger partial charge in [0.15, 0.2) is 0 Å².